The van der Waals surface area contributed by atoms with E-state index in [9.17, 15) is 0 Å². The molecule has 0 aliphatic heterocycles. The molecule has 0 saturated carbocycles. The van der Waals surface area contributed by atoms with Gasteiger partial charge in [0.05, 0.1) is 23.0 Å². The van der Waals surface area contributed by atoms with Gasteiger partial charge in [0, 0.05) is 6.21 Å². The summed E-state index contributed by atoms with van der Waals surface area (Å²) >= 11 is 2.25. The molecule has 0 aliphatic carbocycles. The first-order chi connectivity index (χ1) is 10.1. The molecular formula is C17H18INO2. The Labute approximate surface area is 139 Å². The Bertz CT molecular complexity index is 636. The molecule has 2 aromatic rings. The zero-order valence-corrected chi connectivity index (χ0v) is 14.5. The van der Waals surface area contributed by atoms with E-state index in [0.717, 1.165) is 26.3 Å². The summed E-state index contributed by atoms with van der Waals surface area (Å²) in [4.78, 5) is 4.49. The summed E-state index contributed by atoms with van der Waals surface area (Å²) in [5.41, 5.74) is 3.15. The summed E-state index contributed by atoms with van der Waals surface area (Å²) in [6, 6.07) is 12.1. The number of hydrogen-bond donors (Lipinski definition) is 0. The minimum atomic E-state index is 0.614. The highest BCUT2D eigenvalue weighted by Crippen LogP contribution is 2.33. The summed E-state index contributed by atoms with van der Waals surface area (Å²) in [5.74, 6) is 1.52. The fraction of sp³-hybridized carbons (Fsp3) is 0.235. The number of aliphatic imine (C=N–C) groups is 1. The minimum Gasteiger partial charge on any atom is -0.493 e. The van der Waals surface area contributed by atoms with Crippen molar-refractivity contribution in [3.05, 3.63) is 51.1 Å². The standard InChI is InChI=1S/C17H18INO2/c1-4-21-17-15(18)9-13(10-16(17)20-3)11-19-14-7-5-12(2)6-8-14/h5-11H,4H2,1-3H3. The van der Waals surface area contributed by atoms with Crippen LogP contribution in [0.5, 0.6) is 11.5 Å². The predicted octanol–water partition coefficient (Wildman–Crippen LogP) is 4.76. The predicted molar refractivity (Wildman–Crippen MR) is 95.3 cm³/mol. The molecule has 0 atom stereocenters. The van der Waals surface area contributed by atoms with Gasteiger partial charge in [-0.2, -0.15) is 0 Å². The molecule has 4 heteroatoms. The highest BCUT2D eigenvalue weighted by atomic mass is 127. The van der Waals surface area contributed by atoms with Gasteiger partial charge < -0.3 is 9.47 Å². The molecule has 2 rings (SSSR count). The van der Waals surface area contributed by atoms with Gasteiger partial charge in [-0.3, -0.25) is 4.99 Å². The lowest BCUT2D eigenvalue weighted by Crippen LogP contribution is -1.99. The van der Waals surface area contributed by atoms with Gasteiger partial charge in [0.25, 0.3) is 0 Å². The molecule has 0 bridgehead atoms. The third-order valence-corrected chi connectivity index (χ3v) is 3.74. The summed E-state index contributed by atoms with van der Waals surface area (Å²) in [6.45, 7) is 4.64. The molecule has 0 fully saturated rings. The van der Waals surface area contributed by atoms with Gasteiger partial charge in [-0.15, -0.1) is 0 Å². The average molecular weight is 395 g/mol. The van der Waals surface area contributed by atoms with Crippen LogP contribution in [0.1, 0.15) is 18.1 Å². The van der Waals surface area contributed by atoms with E-state index in [0.29, 0.717) is 6.61 Å². The van der Waals surface area contributed by atoms with E-state index in [1.54, 1.807) is 7.11 Å². The van der Waals surface area contributed by atoms with Gasteiger partial charge in [-0.25, -0.2) is 0 Å². The largest absolute Gasteiger partial charge is 0.493 e. The molecule has 0 amide bonds. The van der Waals surface area contributed by atoms with E-state index in [1.165, 1.54) is 5.56 Å². The van der Waals surface area contributed by atoms with Crippen molar-refractivity contribution in [2.45, 2.75) is 13.8 Å². The van der Waals surface area contributed by atoms with E-state index in [-0.39, 0.29) is 0 Å². The van der Waals surface area contributed by atoms with E-state index in [2.05, 4.69) is 46.6 Å². The average Bonchev–Trinajstić information content (AvgIpc) is 2.49. The highest BCUT2D eigenvalue weighted by Gasteiger charge is 2.10. The van der Waals surface area contributed by atoms with E-state index >= 15 is 0 Å². The zero-order valence-electron chi connectivity index (χ0n) is 12.4. The number of halogens is 1. The van der Waals surface area contributed by atoms with Crippen LogP contribution >= 0.6 is 22.6 Å². The molecule has 21 heavy (non-hydrogen) atoms. The normalized spacial score (nSPS) is 10.9. The van der Waals surface area contributed by atoms with Crippen LogP contribution in [0.25, 0.3) is 0 Å². The van der Waals surface area contributed by atoms with Crippen LogP contribution < -0.4 is 9.47 Å². The molecule has 110 valence electrons. The van der Waals surface area contributed by atoms with E-state index < -0.39 is 0 Å². The maximum Gasteiger partial charge on any atom is 0.174 e. The molecule has 0 aliphatic rings. The van der Waals surface area contributed by atoms with Crippen LogP contribution in [0.2, 0.25) is 0 Å². The molecule has 0 unspecified atom stereocenters. The first-order valence-corrected chi connectivity index (χ1v) is 7.83. The second kappa shape index (κ2) is 7.45. The van der Waals surface area contributed by atoms with Crippen LogP contribution in [0.4, 0.5) is 5.69 Å². The fourth-order valence-corrected chi connectivity index (χ4v) is 2.66. The van der Waals surface area contributed by atoms with Crippen molar-refractivity contribution in [1.29, 1.82) is 0 Å². The van der Waals surface area contributed by atoms with Gasteiger partial charge >= 0.3 is 0 Å². The number of methoxy groups -OCH3 is 1. The molecule has 0 aromatic heterocycles. The molecule has 0 saturated heterocycles. The first-order valence-electron chi connectivity index (χ1n) is 6.75. The van der Waals surface area contributed by atoms with Crippen molar-refractivity contribution in [2.75, 3.05) is 13.7 Å². The van der Waals surface area contributed by atoms with Gasteiger partial charge in [0.15, 0.2) is 11.5 Å². The highest BCUT2D eigenvalue weighted by molar-refractivity contribution is 14.1. The SMILES string of the molecule is CCOc1c(I)cc(C=Nc2ccc(C)cc2)cc1OC. The van der Waals surface area contributed by atoms with Crippen molar-refractivity contribution in [1.82, 2.24) is 0 Å². The summed E-state index contributed by atoms with van der Waals surface area (Å²) < 4.78 is 12.0. The van der Waals surface area contributed by atoms with E-state index in [4.69, 9.17) is 9.47 Å². The number of rotatable bonds is 5. The monoisotopic (exact) mass is 395 g/mol. The van der Waals surface area contributed by atoms with Gasteiger partial charge in [-0.05, 0) is 66.3 Å². The Morgan fingerprint density at radius 3 is 2.52 bits per heavy atom. The van der Waals surface area contributed by atoms with Gasteiger partial charge in [0.1, 0.15) is 0 Å². The fourth-order valence-electron chi connectivity index (χ4n) is 1.88. The van der Waals surface area contributed by atoms with Crippen molar-refractivity contribution < 1.29 is 9.47 Å². The minimum absolute atomic E-state index is 0.614. The maximum atomic E-state index is 5.61. The van der Waals surface area contributed by atoms with Crippen molar-refractivity contribution in [2.24, 2.45) is 4.99 Å². The molecule has 0 N–H and O–H groups in total. The lowest BCUT2D eigenvalue weighted by atomic mass is 10.2. The molecule has 0 radical (unpaired) electrons. The molecule has 0 heterocycles. The van der Waals surface area contributed by atoms with E-state index in [1.807, 2.05) is 37.4 Å². The topological polar surface area (TPSA) is 30.8 Å². The summed E-state index contributed by atoms with van der Waals surface area (Å²) in [6.07, 6.45) is 1.84. The Balaban J connectivity index is 2.28. The van der Waals surface area contributed by atoms with Crippen LogP contribution in [0, 0.1) is 10.5 Å². The molecular weight excluding hydrogens is 377 g/mol. The molecule has 0 spiro atoms. The number of benzene rings is 2. The van der Waals surface area contributed by atoms with Crippen molar-refractivity contribution >= 4 is 34.5 Å². The van der Waals surface area contributed by atoms with Gasteiger partial charge in [-0.1, -0.05) is 17.7 Å². The second-order valence-electron chi connectivity index (χ2n) is 4.56. The Kier molecular flexibility index (Phi) is 5.61. The smallest absolute Gasteiger partial charge is 0.174 e. The third kappa shape index (κ3) is 4.20. The third-order valence-electron chi connectivity index (χ3n) is 2.94. The number of nitrogens with zero attached hydrogens (tertiary/aromatic N) is 1. The van der Waals surface area contributed by atoms with Crippen molar-refractivity contribution in [3.8, 4) is 11.5 Å². The quantitative estimate of drug-likeness (QED) is 0.540. The molecule has 3 nitrogen and oxygen atoms in total. The van der Waals surface area contributed by atoms with Crippen LogP contribution in [-0.4, -0.2) is 19.9 Å². The Morgan fingerprint density at radius 2 is 1.90 bits per heavy atom. The maximum absolute atomic E-state index is 5.61. The lowest BCUT2D eigenvalue weighted by molar-refractivity contribution is 0.308. The second-order valence-corrected chi connectivity index (χ2v) is 5.72. The number of aryl methyl sites for hydroxylation is 1. The summed E-state index contributed by atoms with van der Waals surface area (Å²) in [5, 5.41) is 0. The van der Waals surface area contributed by atoms with Crippen LogP contribution in [0.3, 0.4) is 0 Å². The zero-order chi connectivity index (χ0) is 15.2. The first kappa shape index (κ1) is 15.8. The van der Waals surface area contributed by atoms with Crippen LogP contribution in [0.15, 0.2) is 41.4 Å². The summed E-state index contributed by atoms with van der Waals surface area (Å²) in [7, 11) is 1.65. The molecule has 2 aromatic carbocycles. The lowest BCUT2D eigenvalue weighted by Gasteiger charge is -2.12. The Morgan fingerprint density at radius 1 is 1.19 bits per heavy atom. The number of hydrogen-bond acceptors (Lipinski definition) is 3. The van der Waals surface area contributed by atoms with Crippen LogP contribution in [-0.2, 0) is 0 Å². The van der Waals surface area contributed by atoms with Crippen molar-refractivity contribution in [3.63, 3.8) is 0 Å². The number of ether oxygens (including phenoxy) is 2. The van der Waals surface area contributed by atoms with Gasteiger partial charge in [0.2, 0.25) is 0 Å². The Hall–Kier alpha value is -1.56.